The van der Waals surface area contributed by atoms with Crippen molar-refractivity contribution in [1.82, 2.24) is 19.4 Å². The average Bonchev–Trinajstić information content (AvgIpc) is 3.47. The molecule has 0 unspecified atom stereocenters. The van der Waals surface area contributed by atoms with Crippen LogP contribution in [0.3, 0.4) is 0 Å². The first kappa shape index (κ1) is 17.0. The van der Waals surface area contributed by atoms with Crippen molar-refractivity contribution in [2.24, 2.45) is 5.10 Å². The van der Waals surface area contributed by atoms with Crippen molar-refractivity contribution in [3.8, 4) is 11.5 Å². The number of para-hydroxylation sites is 1. The maximum Gasteiger partial charge on any atom is 0.244 e. The van der Waals surface area contributed by atoms with E-state index >= 15 is 0 Å². The van der Waals surface area contributed by atoms with Gasteiger partial charge < -0.3 is 19.4 Å². The topological polar surface area (TPSA) is 95.6 Å². The largest absolute Gasteiger partial charge is 0.454 e. The molecule has 1 N–H and O–H groups in total. The van der Waals surface area contributed by atoms with Gasteiger partial charge in [0.1, 0.15) is 19.2 Å². The van der Waals surface area contributed by atoms with Crippen molar-refractivity contribution in [2.45, 2.75) is 6.54 Å². The van der Waals surface area contributed by atoms with E-state index in [0.29, 0.717) is 17.2 Å². The molecule has 4 aromatic rings. The molecule has 29 heavy (non-hydrogen) atoms. The van der Waals surface area contributed by atoms with Crippen LogP contribution in [0.5, 0.6) is 11.5 Å². The van der Waals surface area contributed by atoms with Crippen LogP contribution in [0.4, 0.5) is 5.69 Å². The molecule has 2 aromatic heterocycles. The fraction of sp³-hybridized carbons (Fsp3) is 0.100. The zero-order valence-corrected chi connectivity index (χ0v) is 15.2. The maximum absolute atomic E-state index is 12.6. The van der Waals surface area contributed by atoms with Gasteiger partial charge in [-0.25, -0.2) is 4.68 Å². The number of benzene rings is 2. The summed E-state index contributed by atoms with van der Waals surface area (Å²) in [5.41, 5.74) is 2.49. The van der Waals surface area contributed by atoms with Gasteiger partial charge in [0.2, 0.25) is 12.7 Å². The molecule has 0 fully saturated rings. The Kier molecular flexibility index (Phi) is 4.17. The second-order valence-electron chi connectivity index (χ2n) is 6.43. The third kappa shape index (κ3) is 3.41. The fourth-order valence-electron chi connectivity index (χ4n) is 3.22. The van der Waals surface area contributed by atoms with Crippen LogP contribution in [0.25, 0.3) is 10.9 Å². The number of ether oxygens (including phenoxy) is 2. The minimum Gasteiger partial charge on any atom is -0.454 e. The second kappa shape index (κ2) is 7.12. The van der Waals surface area contributed by atoms with Crippen LogP contribution in [0.2, 0.25) is 0 Å². The first-order valence-electron chi connectivity index (χ1n) is 8.93. The smallest absolute Gasteiger partial charge is 0.244 e. The molecule has 0 radical (unpaired) electrons. The van der Waals surface area contributed by atoms with Crippen LogP contribution < -0.4 is 14.8 Å². The number of fused-ring (bicyclic) bond motifs is 2. The SMILES string of the molecule is O=C(Cn1cc(/C=N\n2cnnc2)c2ccccc21)Nc1ccc2c(c1)OCO2. The zero-order valence-electron chi connectivity index (χ0n) is 15.2. The lowest BCUT2D eigenvalue weighted by atomic mass is 10.2. The van der Waals surface area contributed by atoms with E-state index in [-0.39, 0.29) is 19.2 Å². The molecule has 1 aliphatic rings. The highest BCUT2D eigenvalue weighted by molar-refractivity contribution is 6.00. The van der Waals surface area contributed by atoms with Crippen molar-refractivity contribution < 1.29 is 14.3 Å². The van der Waals surface area contributed by atoms with Gasteiger partial charge in [-0.3, -0.25) is 4.79 Å². The van der Waals surface area contributed by atoms with Crippen LogP contribution in [-0.4, -0.2) is 38.4 Å². The predicted octanol–water partition coefficient (Wildman–Crippen LogP) is 2.48. The predicted molar refractivity (Wildman–Crippen MR) is 106 cm³/mol. The Labute approximate surface area is 165 Å². The molecule has 0 aliphatic carbocycles. The van der Waals surface area contributed by atoms with Gasteiger partial charge in [0.25, 0.3) is 0 Å². The third-order valence-electron chi connectivity index (χ3n) is 4.53. The first-order valence-corrected chi connectivity index (χ1v) is 8.93. The number of nitrogens with one attached hydrogen (secondary N) is 1. The van der Waals surface area contributed by atoms with E-state index in [4.69, 9.17) is 9.47 Å². The molecular formula is C20H16N6O3. The van der Waals surface area contributed by atoms with E-state index in [1.54, 1.807) is 24.4 Å². The molecule has 0 saturated heterocycles. The van der Waals surface area contributed by atoms with E-state index in [0.717, 1.165) is 16.5 Å². The Morgan fingerprint density at radius 1 is 1.14 bits per heavy atom. The van der Waals surface area contributed by atoms with Crippen molar-refractivity contribution in [1.29, 1.82) is 0 Å². The van der Waals surface area contributed by atoms with E-state index < -0.39 is 0 Å². The molecule has 1 amide bonds. The van der Waals surface area contributed by atoms with Gasteiger partial charge in [0, 0.05) is 34.4 Å². The molecule has 1 aliphatic heterocycles. The minimum atomic E-state index is -0.146. The second-order valence-corrected chi connectivity index (χ2v) is 6.43. The fourth-order valence-corrected chi connectivity index (χ4v) is 3.22. The Hall–Kier alpha value is -4.14. The maximum atomic E-state index is 12.6. The van der Waals surface area contributed by atoms with Gasteiger partial charge in [-0.05, 0) is 18.2 Å². The number of aromatic nitrogens is 4. The van der Waals surface area contributed by atoms with Gasteiger partial charge >= 0.3 is 0 Å². The quantitative estimate of drug-likeness (QED) is 0.530. The number of rotatable bonds is 5. The lowest BCUT2D eigenvalue weighted by Gasteiger charge is -2.08. The van der Waals surface area contributed by atoms with Crippen molar-refractivity contribution >= 4 is 28.7 Å². The monoisotopic (exact) mass is 388 g/mol. The van der Waals surface area contributed by atoms with Crippen molar-refractivity contribution in [2.75, 3.05) is 12.1 Å². The molecule has 0 spiro atoms. The number of hydrogen-bond donors (Lipinski definition) is 1. The Balaban J connectivity index is 1.38. The number of hydrogen-bond acceptors (Lipinski definition) is 6. The van der Waals surface area contributed by atoms with Crippen LogP contribution >= 0.6 is 0 Å². The lowest BCUT2D eigenvalue weighted by molar-refractivity contribution is -0.116. The molecule has 144 valence electrons. The molecule has 9 heteroatoms. The summed E-state index contributed by atoms with van der Waals surface area (Å²) in [5, 5.41) is 15.7. The number of carbonyl (C=O) groups is 1. The van der Waals surface area contributed by atoms with Crippen molar-refractivity contribution in [3.63, 3.8) is 0 Å². The Morgan fingerprint density at radius 2 is 1.97 bits per heavy atom. The summed E-state index contributed by atoms with van der Waals surface area (Å²) >= 11 is 0. The molecule has 3 heterocycles. The highest BCUT2D eigenvalue weighted by Gasteiger charge is 2.15. The Morgan fingerprint density at radius 3 is 2.86 bits per heavy atom. The highest BCUT2D eigenvalue weighted by atomic mass is 16.7. The summed E-state index contributed by atoms with van der Waals surface area (Å²) in [6.45, 7) is 0.358. The van der Waals surface area contributed by atoms with Gasteiger partial charge in [-0.2, -0.15) is 5.10 Å². The molecular weight excluding hydrogens is 372 g/mol. The Bertz CT molecular complexity index is 1210. The average molecular weight is 388 g/mol. The van der Waals surface area contributed by atoms with Gasteiger partial charge in [-0.1, -0.05) is 18.2 Å². The van der Waals surface area contributed by atoms with E-state index in [1.807, 2.05) is 35.0 Å². The molecule has 2 aromatic carbocycles. The van der Waals surface area contributed by atoms with Crippen LogP contribution in [0, 0.1) is 0 Å². The summed E-state index contributed by atoms with van der Waals surface area (Å²) in [5.74, 6) is 1.16. The molecule has 0 atom stereocenters. The van der Waals surface area contributed by atoms with Gasteiger partial charge in [0.05, 0.1) is 6.21 Å². The van der Waals surface area contributed by atoms with Crippen molar-refractivity contribution in [3.05, 3.63) is 66.9 Å². The zero-order chi connectivity index (χ0) is 19.6. The van der Waals surface area contributed by atoms with Gasteiger partial charge in [-0.15, -0.1) is 10.2 Å². The van der Waals surface area contributed by atoms with Crippen LogP contribution in [0.15, 0.2) is 66.4 Å². The number of carbonyl (C=O) groups excluding carboxylic acids is 1. The first-order chi connectivity index (χ1) is 14.3. The summed E-state index contributed by atoms with van der Waals surface area (Å²) in [6, 6.07) is 13.2. The van der Waals surface area contributed by atoms with E-state index in [9.17, 15) is 4.79 Å². The van der Waals surface area contributed by atoms with E-state index in [1.165, 1.54) is 17.3 Å². The number of nitrogens with zero attached hydrogens (tertiary/aromatic N) is 5. The molecule has 0 bridgehead atoms. The number of amides is 1. The normalized spacial score (nSPS) is 12.7. The lowest BCUT2D eigenvalue weighted by Crippen LogP contribution is -2.18. The van der Waals surface area contributed by atoms with Gasteiger partial charge in [0.15, 0.2) is 11.5 Å². The van der Waals surface area contributed by atoms with Crippen LogP contribution in [-0.2, 0) is 11.3 Å². The standard InChI is InChI=1S/C20H16N6O3/c27-20(24-15-5-6-18-19(7-15)29-13-28-18)10-25-9-14(8-23-26-11-21-22-12-26)16-3-1-2-4-17(16)25/h1-9,11-12H,10,13H2,(H,24,27)/b23-8-. The molecule has 5 rings (SSSR count). The highest BCUT2D eigenvalue weighted by Crippen LogP contribution is 2.34. The molecule has 9 nitrogen and oxygen atoms in total. The third-order valence-corrected chi connectivity index (χ3v) is 4.53. The van der Waals surface area contributed by atoms with Crippen LogP contribution in [0.1, 0.15) is 5.56 Å². The minimum absolute atomic E-state index is 0.146. The summed E-state index contributed by atoms with van der Waals surface area (Å²) in [4.78, 5) is 12.6. The summed E-state index contributed by atoms with van der Waals surface area (Å²) < 4.78 is 14.1. The van der Waals surface area contributed by atoms with E-state index in [2.05, 4.69) is 20.6 Å². The number of anilines is 1. The summed E-state index contributed by atoms with van der Waals surface area (Å²) in [6.07, 6.45) is 6.64. The summed E-state index contributed by atoms with van der Waals surface area (Å²) in [7, 11) is 0. The molecule has 0 saturated carbocycles.